The molecule has 0 aliphatic heterocycles. The molecule has 1 N–H and O–H groups in total. The summed E-state index contributed by atoms with van der Waals surface area (Å²) < 4.78 is 7.57. The molecule has 0 aliphatic carbocycles. The first-order chi connectivity index (χ1) is 10.8. The quantitative estimate of drug-likeness (QED) is 0.789. The SMILES string of the molecule is CC(C)(C)c1cc(NC(=O)Cn2nc3ccccn3c2=O)on1. The molecule has 0 spiro atoms. The lowest BCUT2D eigenvalue weighted by Crippen LogP contribution is -2.28. The molecular formula is C15H17N5O3. The van der Waals surface area contributed by atoms with Crippen molar-refractivity contribution in [1.82, 2.24) is 19.3 Å². The Morgan fingerprint density at radius 3 is 2.78 bits per heavy atom. The van der Waals surface area contributed by atoms with Gasteiger partial charge in [0, 0.05) is 17.7 Å². The lowest BCUT2D eigenvalue weighted by Gasteiger charge is -2.12. The molecule has 3 aromatic rings. The van der Waals surface area contributed by atoms with Gasteiger partial charge in [-0.25, -0.2) is 9.48 Å². The number of anilines is 1. The predicted molar refractivity (Wildman–Crippen MR) is 83.3 cm³/mol. The van der Waals surface area contributed by atoms with Gasteiger partial charge >= 0.3 is 5.69 Å². The van der Waals surface area contributed by atoms with E-state index in [-0.39, 0.29) is 23.5 Å². The summed E-state index contributed by atoms with van der Waals surface area (Å²) in [5.41, 5.74) is 0.673. The van der Waals surface area contributed by atoms with E-state index in [9.17, 15) is 9.59 Å². The van der Waals surface area contributed by atoms with Crippen LogP contribution in [0.5, 0.6) is 0 Å². The van der Waals surface area contributed by atoms with Crippen molar-refractivity contribution in [1.29, 1.82) is 0 Å². The number of nitrogens with one attached hydrogen (secondary N) is 1. The van der Waals surface area contributed by atoms with E-state index in [4.69, 9.17) is 4.52 Å². The molecule has 0 bridgehead atoms. The molecule has 0 unspecified atom stereocenters. The first kappa shape index (κ1) is 15.0. The van der Waals surface area contributed by atoms with Gasteiger partial charge in [0.2, 0.25) is 11.8 Å². The smallest absolute Gasteiger partial charge is 0.338 e. The third-order valence-corrected chi connectivity index (χ3v) is 3.32. The minimum Gasteiger partial charge on any atom is -0.338 e. The number of rotatable bonds is 3. The van der Waals surface area contributed by atoms with Crippen molar-refractivity contribution in [2.75, 3.05) is 5.32 Å². The highest BCUT2D eigenvalue weighted by atomic mass is 16.5. The topological polar surface area (TPSA) is 94.4 Å². The van der Waals surface area contributed by atoms with Gasteiger partial charge < -0.3 is 4.52 Å². The van der Waals surface area contributed by atoms with E-state index in [1.807, 2.05) is 20.8 Å². The van der Waals surface area contributed by atoms with E-state index < -0.39 is 5.91 Å². The van der Waals surface area contributed by atoms with E-state index in [1.54, 1.807) is 30.5 Å². The molecule has 3 rings (SSSR count). The van der Waals surface area contributed by atoms with Crippen molar-refractivity contribution in [2.45, 2.75) is 32.7 Å². The van der Waals surface area contributed by atoms with Crippen LogP contribution in [0, 0.1) is 0 Å². The van der Waals surface area contributed by atoms with E-state index >= 15 is 0 Å². The van der Waals surface area contributed by atoms with Crippen LogP contribution in [0.1, 0.15) is 26.5 Å². The van der Waals surface area contributed by atoms with Crippen LogP contribution in [0.4, 0.5) is 5.88 Å². The van der Waals surface area contributed by atoms with Crippen molar-refractivity contribution in [2.24, 2.45) is 0 Å². The van der Waals surface area contributed by atoms with Gasteiger partial charge in [0.05, 0.1) is 5.69 Å². The molecule has 23 heavy (non-hydrogen) atoms. The molecule has 0 saturated heterocycles. The Labute approximate surface area is 131 Å². The van der Waals surface area contributed by atoms with Crippen LogP contribution < -0.4 is 11.0 Å². The third kappa shape index (κ3) is 3.01. The van der Waals surface area contributed by atoms with Crippen molar-refractivity contribution in [3.8, 4) is 0 Å². The molecule has 0 atom stereocenters. The van der Waals surface area contributed by atoms with E-state index in [1.165, 1.54) is 4.40 Å². The fourth-order valence-electron chi connectivity index (χ4n) is 2.07. The Bertz CT molecular complexity index is 913. The molecule has 3 aromatic heterocycles. The first-order valence-electron chi connectivity index (χ1n) is 7.16. The van der Waals surface area contributed by atoms with Crippen LogP contribution in [0.3, 0.4) is 0 Å². The van der Waals surface area contributed by atoms with Gasteiger partial charge in [0.1, 0.15) is 6.54 Å². The highest BCUT2D eigenvalue weighted by Gasteiger charge is 2.20. The summed E-state index contributed by atoms with van der Waals surface area (Å²) in [6, 6.07) is 6.87. The maximum absolute atomic E-state index is 12.1. The summed E-state index contributed by atoms with van der Waals surface area (Å²) in [6.07, 6.45) is 1.60. The van der Waals surface area contributed by atoms with Crippen molar-refractivity contribution < 1.29 is 9.32 Å². The maximum Gasteiger partial charge on any atom is 0.350 e. The number of hydrogen-bond donors (Lipinski definition) is 1. The number of nitrogens with zero attached hydrogens (tertiary/aromatic N) is 4. The number of carbonyl (C=O) groups excluding carboxylic acids is 1. The molecule has 1 amide bonds. The van der Waals surface area contributed by atoms with Crippen LogP contribution in [-0.2, 0) is 16.8 Å². The van der Waals surface area contributed by atoms with Gasteiger partial charge in [-0.2, -0.15) is 0 Å². The average Bonchev–Trinajstić information content (AvgIpc) is 3.05. The second-order valence-electron chi connectivity index (χ2n) is 6.24. The monoisotopic (exact) mass is 315 g/mol. The zero-order valence-corrected chi connectivity index (χ0v) is 13.1. The molecule has 8 heteroatoms. The number of pyridine rings is 1. The van der Waals surface area contributed by atoms with Gasteiger partial charge in [-0.15, -0.1) is 5.10 Å². The van der Waals surface area contributed by atoms with Gasteiger partial charge in [-0.1, -0.05) is 32.0 Å². The molecular weight excluding hydrogens is 298 g/mol. The standard InChI is InChI=1S/C15H17N5O3/c1-15(2,3)10-8-13(23-18-10)16-12(21)9-20-14(22)19-7-5-4-6-11(19)17-20/h4-8H,9H2,1-3H3,(H,16,21). The van der Waals surface area contributed by atoms with Crippen molar-refractivity contribution in [3.63, 3.8) is 0 Å². The molecule has 120 valence electrons. The van der Waals surface area contributed by atoms with Crippen LogP contribution in [0.2, 0.25) is 0 Å². The molecule has 3 heterocycles. The normalized spacial score (nSPS) is 11.8. The van der Waals surface area contributed by atoms with Crippen molar-refractivity contribution >= 4 is 17.4 Å². The highest BCUT2D eigenvalue weighted by molar-refractivity contribution is 5.89. The number of aromatic nitrogens is 4. The van der Waals surface area contributed by atoms with Crippen LogP contribution in [-0.4, -0.2) is 25.2 Å². The molecule has 0 saturated carbocycles. The van der Waals surface area contributed by atoms with E-state index in [2.05, 4.69) is 15.6 Å². The fourth-order valence-corrected chi connectivity index (χ4v) is 2.07. The summed E-state index contributed by atoms with van der Waals surface area (Å²) in [7, 11) is 0. The number of carbonyl (C=O) groups is 1. The Balaban J connectivity index is 1.75. The summed E-state index contributed by atoms with van der Waals surface area (Å²) >= 11 is 0. The number of amides is 1. The van der Waals surface area contributed by atoms with Gasteiger partial charge in [-0.05, 0) is 12.1 Å². The molecule has 0 radical (unpaired) electrons. The van der Waals surface area contributed by atoms with E-state index in [0.717, 1.165) is 10.4 Å². The average molecular weight is 315 g/mol. The molecule has 0 fully saturated rings. The first-order valence-corrected chi connectivity index (χ1v) is 7.16. The summed E-state index contributed by atoms with van der Waals surface area (Å²) in [5.74, 6) is -0.163. The summed E-state index contributed by atoms with van der Waals surface area (Å²) in [4.78, 5) is 24.2. The second-order valence-corrected chi connectivity index (χ2v) is 6.24. The number of hydrogen-bond acceptors (Lipinski definition) is 5. The summed E-state index contributed by atoms with van der Waals surface area (Å²) in [6.45, 7) is 5.78. The minimum absolute atomic E-state index is 0.176. The Morgan fingerprint density at radius 1 is 1.35 bits per heavy atom. The highest BCUT2D eigenvalue weighted by Crippen LogP contribution is 2.23. The lowest BCUT2D eigenvalue weighted by molar-refractivity contribution is -0.117. The number of fused-ring (bicyclic) bond motifs is 1. The molecule has 8 nitrogen and oxygen atoms in total. The van der Waals surface area contributed by atoms with Crippen LogP contribution >= 0.6 is 0 Å². The lowest BCUT2D eigenvalue weighted by atomic mass is 9.92. The largest absolute Gasteiger partial charge is 0.350 e. The third-order valence-electron chi connectivity index (χ3n) is 3.32. The second kappa shape index (κ2) is 5.38. The van der Waals surface area contributed by atoms with Gasteiger partial charge in [-0.3, -0.25) is 14.5 Å². The van der Waals surface area contributed by atoms with Crippen LogP contribution in [0.15, 0.2) is 39.8 Å². The zero-order valence-electron chi connectivity index (χ0n) is 13.1. The predicted octanol–water partition coefficient (Wildman–Crippen LogP) is 1.42. The van der Waals surface area contributed by atoms with Gasteiger partial charge in [0.25, 0.3) is 0 Å². The molecule has 0 aromatic carbocycles. The Hall–Kier alpha value is -2.90. The zero-order chi connectivity index (χ0) is 16.6. The maximum atomic E-state index is 12.1. The van der Waals surface area contributed by atoms with E-state index in [0.29, 0.717) is 5.65 Å². The van der Waals surface area contributed by atoms with Crippen LogP contribution in [0.25, 0.3) is 5.65 Å². The summed E-state index contributed by atoms with van der Waals surface area (Å²) in [5, 5.41) is 10.6. The Kier molecular flexibility index (Phi) is 3.51. The molecule has 0 aliphatic rings. The Morgan fingerprint density at radius 2 is 2.13 bits per heavy atom. The van der Waals surface area contributed by atoms with Gasteiger partial charge in [0.15, 0.2) is 5.65 Å². The minimum atomic E-state index is -0.410. The fraction of sp³-hybridized carbons (Fsp3) is 0.333. The van der Waals surface area contributed by atoms with Crippen molar-refractivity contribution in [3.05, 3.63) is 46.6 Å².